The van der Waals surface area contributed by atoms with E-state index in [0.29, 0.717) is 12.1 Å². The van der Waals surface area contributed by atoms with Crippen LogP contribution >= 0.6 is 11.3 Å². The van der Waals surface area contributed by atoms with Crippen molar-refractivity contribution in [3.63, 3.8) is 0 Å². The maximum Gasteiger partial charge on any atom is 0.325 e. The van der Waals surface area contributed by atoms with Gasteiger partial charge in [0, 0.05) is 10.4 Å². The van der Waals surface area contributed by atoms with Crippen molar-refractivity contribution in [1.82, 2.24) is 10.6 Å². The highest BCUT2D eigenvalue weighted by molar-refractivity contribution is 7.09. The molecule has 0 saturated heterocycles. The lowest BCUT2D eigenvalue weighted by atomic mass is 9.87. The van der Waals surface area contributed by atoms with Crippen molar-refractivity contribution in [1.29, 1.82) is 0 Å². The van der Waals surface area contributed by atoms with Gasteiger partial charge in [-0.05, 0) is 34.6 Å². The number of carbonyl (C=O) groups is 3. The first-order valence-corrected chi connectivity index (χ1v) is 9.47. The third-order valence-electron chi connectivity index (χ3n) is 3.81. The van der Waals surface area contributed by atoms with Crippen LogP contribution in [-0.2, 0) is 26.3 Å². The number of ether oxygens (including phenoxy) is 1. The first-order chi connectivity index (χ1) is 12.8. The van der Waals surface area contributed by atoms with Crippen LogP contribution in [0.5, 0.6) is 0 Å². The van der Waals surface area contributed by atoms with Gasteiger partial charge < -0.3 is 15.4 Å². The van der Waals surface area contributed by atoms with Gasteiger partial charge in [0.15, 0.2) is 6.61 Å². The Morgan fingerprint density at radius 2 is 1.74 bits per heavy atom. The molecule has 1 heterocycles. The summed E-state index contributed by atoms with van der Waals surface area (Å²) in [6.07, 6.45) is 0. The van der Waals surface area contributed by atoms with Gasteiger partial charge in [-0.2, -0.15) is 0 Å². The van der Waals surface area contributed by atoms with E-state index in [-0.39, 0.29) is 30.4 Å². The van der Waals surface area contributed by atoms with Gasteiger partial charge in [-0.15, -0.1) is 11.3 Å². The normalized spacial score (nSPS) is 10.9. The minimum Gasteiger partial charge on any atom is -0.454 e. The summed E-state index contributed by atoms with van der Waals surface area (Å²) < 4.78 is 4.86. The van der Waals surface area contributed by atoms with Crippen LogP contribution in [0, 0.1) is 0 Å². The monoisotopic (exact) mass is 388 g/mol. The molecule has 144 valence electrons. The van der Waals surface area contributed by atoms with E-state index in [1.165, 1.54) is 11.3 Å². The van der Waals surface area contributed by atoms with E-state index in [2.05, 4.69) is 31.4 Å². The Morgan fingerprint density at radius 1 is 1.04 bits per heavy atom. The van der Waals surface area contributed by atoms with Crippen LogP contribution in [0.25, 0.3) is 0 Å². The summed E-state index contributed by atoms with van der Waals surface area (Å²) in [5.41, 5.74) is 1.58. The topological polar surface area (TPSA) is 84.5 Å². The molecule has 0 bridgehead atoms. The van der Waals surface area contributed by atoms with Crippen LogP contribution in [0.1, 0.15) is 41.6 Å². The Balaban J connectivity index is 1.70. The number of thiophene rings is 1. The fourth-order valence-corrected chi connectivity index (χ4v) is 2.87. The Bertz CT molecular complexity index is 777. The summed E-state index contributed by atoms with van der Waals surface area (Å²) in [5, 5.41) is 7.06. The van der Waals surface area contributed by atoms with Crippen LogP contribution in [0.15, 0.2) is 41.8 Å². The van der Waals surface area contributed by atoms with Crippen molar-refractivity contribution < 1.29 is 19.1 Å². The van der Waals surface area contributed by atoms with Crippen molar-refractivity contribution in [2.75, 3.05) is 13.2 Å². The van der Waals surface area contributed by atoms with E-state index in [1.807, 2.05) is 29.6 Å². The zero-order valence-electron chi connectivity index (χ0n) is 15.7. The van der Waals surface area contributed by atoms with E-state index in [9.17, 15) is 14.4 Å². The standard InChI is InChI=1S/C20H24N2O4S/c1-20(2,3)15-8-6-14(7-9-15)19(25)22-12-18(24)26-13-17(23)21-11-16-5-4-10-27-16/h4-10H,11-13H2,1-3H3,(H,21,23)(H,22,25). The lowest BCUT2D eigenvalue weighted by Crippen LogP contribution is -2.33. The molecule has 6 nitrogen and oxygen atoms in total. The first-order valence-electron chi connectivity index (χ1n) is 8.59. The fraction of sp³-hybridized carbons (Fsp3) is 0.350. The molecule has 0 spiro atoms. The number of rotatable bonds is 7. The molecule has 2 aromatic rings. The van der Waals surface area contributed by atoms with Gasteiger partial charge in [-0.3, -0.25) is 14.4 Å². The van der Waals surface area contributed by atoms with Gasteiger partial charge in [0.2, 0.25) is 0 Å². The predicted octanol–water partition coefficient (Wildman–Crippen LogP) is 2.64. The number of hydrogen-bond acceptors (Lipinski definition) is 5. The Kier molecular flexibility index (Phi) is 7.12. The van der Waals surface area contributed by atoms with Crippen molar-refractivity contribution >= 4 is 29.1 Å². The van der Waals surface area contributed by atoms with E-state index in [0.717, 1.165) is 10.4 Å². The highest BCUT2D eigenvalue weighted by Crippen LogP contribution is 2.22. The lowest BCUT2D eigenvalue weighted by Gasteiger charge is -2.19. The second-order valence-corrected chi connectivity index (χ2v) is 8.06. The molecule has 2 rings (SSSR count). The second kappa shape index (κ2) is 9.32. The molecule has 2 amide bonds. The Morgan fingerprint density at radius 3 is 2.33 bits per heavy atom. The summed E-state index contributed by atoms with van der Waals surface area (Å²) in [7, 11) is 0. The minimum atomic E-state index is -0.666. The lowest BCUT2D eigenvalue weighted by molar-refractivity contribution is -0.147. The summed E-state index contributed by atoms with van der Waals surface area (Å²) in [6.45, 7) is 6.01. The van der Waals surface area contributed by atoms with Gasteiger partial charge in [-0.25, -0.2) is 0 Å². The summed E-state index contributed by atoms with van der Waals surface area (Å²) in [4.78, 5) is 36.4. The van der Waals surface area contributed by atoms with E-state index in [4.69, 9.17) is 4.74 Å². The highest BCUT2D eigenvalue weighted by atomic mass is 32.1. The van der Waals surface area contributed by atoms with Gasteiger partial charge in [0.05, 0.1) is 6.54 Å². The number of benzene rings is 1. The molecule has 1 aromatic heterocycles. The average Bonchev–Trinajstić information content (AvgIpc) is 3.15. The predicted molar refractivity (Wildman–Crippen MR) is 105 cm³/mol. The molecule has 0 atom stereocenters. The Hall–Kier alpha value is -2.67. The number of nitrogens with one attached hydrogen (secondary N) is 2. The first kappa shape index (κ1) is 20.6. The molecular formula is C20H24N2O4S. The van der Waals surface area contributed by atoms with Gasteiger partial charge >= 0.3 is 5.97 Å². The summed E-state index contributed by atoms with van der Waals surface area (Å²) in [6, 6.07) is 11.0. The highest BCUT2D eigenvalue weighted by Gasteiger charge is 2.15. The molecule has 0 aliphatic heterocycles. The molecule has 0 fully saturated rings. The van der Waals surface area contributed by atoms with Crippen LogP contribution in [0.3, 0.4) is 0 Å². The van der Waals surface area contributed by atoms with E-state index >= 15 is 0 Å². The van der Waals surface area contributed by atoms with Gasteiger partial charge in [0.25, 0.3) is 11.8 Å². The largest absolute Gasteiger partial charge is 0.454 e. The van der Waals surface area contributed by atoms with Crippen LogP contribution in [-0.4, -0.2) is 30.9 Å². The van der Waals surface area contributed by atoms with E-state index in [1.54, 1.807) is 12.1 Å². The zero-order valence-corrected chi connectivity index (χ0v) is 16.5. The summed E-state index contributed by atoms with van der Waals surface area (Å²) >= 11 is 1.53. The zero-order chi connectivity index (χ0) is 19.9. The van der Waals surface area contributed by atoms with Crippen molar-refractivity contribution in [2.24, 2.45) is 0 Å². The quantitative estimate of drug-likeness (QED) is 0.714. The molecule has 0 aliphatic rings. The van der Waals surface area contributed by atoms with Crippen molar-refractivity contribution in [3.05, 3.63) is 57.8 Å². The third-order valence-corrected chi connectivity index (χ3v) is 4.69. The van der Waals surface area contributed by atoms with Gasteiger partial charge in [-0.1, -0.05) is 39.0 Å². The molecule has 0 saturated carbocycles. The molecule has 1 aromatic carbocycles. The smallest absolute Gasteiger partial charge is 0.325 e. The second-order valence-electron chi connectivity index (χ2n) is 7.03. The molecule has 0 unspecified atom stereocenters. The average molecular weight is 388 g/mol. The molecule has 0 radical (unpaired) electrons. The van der Waals surface area contributed by atoms with Crippen LogP contribution in [0.2, 0.25) is 0 Å². The maximum absolute atomic E-state index is 12.1. The van der Waals surface area contributed by atoms with Crippen molar-refractivity contribution in [3.8, 4) is 0 Å². The molecule has 27 heavy (non-hydrogen) atoms. The Labute approximate surface area is 162 Å². The number of hydrogen-bond donors (Lipinski definition) is 2. The molecular weight excluding hydrogens is 364 g/mol. The third kappa shape index (κ3) is 6.86. The molecule has 2 N–H and O–H groups in total. The summed E-state index contributed by atoms with van der Waals surface area (Å²) in [5.74, 6) is -1.42. The molecule has 7 heteroatoms. The SMILES string of the molecule is CC(C)(C)c1ccc(C(=O)NCC(=O)OCC(=O)NCc2cccs2)cc1. The number of amides is 2. The van der Waals surface area contributed by atoms with Gasteiger partial charge in [0.1, 0.15) is 6.54 Å². The maximum atomic E-state index is 12.1. The van der Waals surface area contributed by atoms with Crippen molar-refractivity contribution in [2.45, 2.75) is 32.7 Å². The fourth-order valence-electron chi connectivity index (χ4n) is 2.22. The number of carbonyl (C=O) groups excluding carboxylic acids is 3. The number of esters is 1. The molecule has 0 aliphatic carbocycles. The van der Waals surface area contributed by atoms with Crippen LogP contribution in [0.4, 0.5) is 0 Å². The van der Waals surface area contributed by atoms with Crippen LogP contribution < -0.4 is 10.6 Å². The minimum absolute atomic E-state index is 0.00286. The van der Waals surface area contributed by atoms with E-state index < -0.39 is 5.97 Å².